The maximum Gasteiger partial charge on any atom is 0.256 e. The number of benzene rings is 1. The summed E-state index contributed by atoms with van der Waals surface area (Å²) >= 11 is 0. The van der Waals surface area contributed by atoms with Crippen molar-refractivity contribution in [2.75, 3.05) is 5.32 Å². The average Bonchev–Trinajstić information content (AvgIpc) is 2.76. The molecule has 0 saturated carbocycles. The molecule has 4 nitrogen and oxygen atoms in total. The molecule has 0 aliphatic carbocycles. The van der Waals surface area contributed by atoms with E-state index in [4.69, 9.17) is 0 Å². The van der Waals surface area contributed by atoms with Gasteiger partial charge in [0.05, 0.1) is 5.69 Å². The third kappa shape index (κ3) is 2.08. The Morgan fingerprint density at radius 3 is 2.63 bits per heavy atom. The van der Waals surface area contributed by atoms with Gasteiger partial charge in [-0.2, -0.15) is 0 Å². The van der Waals surface area contributed by atoms with Gasteiger partial charge in [-0.15, -0.1) is 0 Å². The first-order chi connectivity index (χ1) is 9.25. The molecule has 94 valence electrons. The molecule has 2 aromatic heterocycles. The molecular weight excluding hydrogens is 238 g/mol. The number of anilines is 1. The quantitative estimate of drug-likeness (QED) is 0.761. The molecule has 0 atom stereocenters. The monoisotopic (exact) mass is 251 g/mol. The number of hydrogen-bond acceptors (Lipinski definition) is 2. The second-order valence-corrected chi connectivity index (χ2v) is 4.29. The summed E-state index contributed by atoms with van der Waals surface area (Å²) in [7, 11) is 0. The maximum atomic E-state index is 12.2. The minimum absolute atomic E-state index is 0.130. The van der Waals surface area contributed by atoms with Crippen LogP contribution in [-0.4, -0.2) is 15.3 Å². The molecule has 3 rings (SSSR count). The Balaban J connectivity index is 1.98. The van der Waals surface area contributed by atoms with E-state index < -0.39 is 0 Å². The number of aromatic nitrogens is 2. The molecular formula is C15H13N3O. The minimum atomic E-state index is -0.130. The van der Waals surface area contributed by atoms with Gasteiger partial charge in [-0.25, -0.2) is 4.98 Å². The zero-order valence-corrected chi connectivity index (χ0v) is 10.5. The molecule has 4 heteroatoms. The summed E-state index contributed by atoms with van der Waals surface area (Å²) in [6.45, 7) is 1.88. The molecule has 1 amide bonds. The first-order valence-electron chi connectivity index (χ1n) is 6.06. The smallest absolute Gasteiger partial charge is 0.256 e. The van der Waals surface area contributed by atoms with Gasteiger partial charge < -0.3 is 5.32 Å². The highest BCUT2D eigenvalue weighted by molar-refractivity contribution is 6.04. The van der Waals surface area contributed by atoms with Crippen LogP contribution < -0.4 is 5.32 Å². The number of nitrogens with zero attached hydrogens (tertiary/aromatic N) is 2. The van der Waals surface area contributed by atoms with Crippen LogP contribution in [0.2, 0.25) is 0 Å². The standard InChI is InChI=1S/C15H13N3O/c1-11-14(18-10-6-5-9-13(18)16-11)17-15(19)12-7-3-2-4-8-12/h2-10H,1H3,(H,17,19). The molecule has 0 aliphatic heterocycles. The van der Waals surface area contributed by atoms with Gasteiger partial charge in [-0.05, 0) is 31.2 Å². The molecule has 19 heavy (non-hydrogen) atoms. The normalized spacial score (nSPS) is 10.6. The Hall–Kier alpha value is -2.62. The second kappa shape index (κ2) is 4.57. The molecule has 0 aliphatic rings. The van der Waals surface area contributed by atoms with Crippen LogP contribution >= 0.6 is 0 Å². The fourth-order valence-corrected chi connectivity index (χ4v) is 2.03. The van der Waals surface area contributed by atoms with Crippen LogP contribution in [0.5, 0.6) is 0 Å². The Bertz CT molecular complexity index is 731. The van der Waals surface area contributed by atoms with Gasteiger partial charge in [0.2, 0.25) is 0 Å². The van der Waals surface area contributed by atoms with Gasteiger partial charge >= 0.3 is 0 Å². The lowest BCUT2D eigenvalue weighted by atomic mass is 10.2. The molecule has 0 fully saturated rings. The van der Waals surface area contributed by atoms with Crippen LogP contribution in [0.25, 0.3) is 5.65 Å². The van der Waals surface area contributed by atoms with Crippen LogP contribution in [-0.2, 0) is 0 Å². The number of fused-ring (bicyclic) bond motifs is 1. The third-order valence-corrected chi connectivity index (χ3v) is 2.97. The summed E-state index contributed by atoms with van der Waals surface area (Å²) < 4.78 is 1.87. The van der Waals surface area contributed by atoms with E-state index in [1.54, 1.807) is 12.1 Å². The van der Waals surface area contributed by atoms with Gasteiger partial charge in [-0.3, -0.25) is 9.20 Å². The second-order valence-electron chi connectivity index (χ2n) is 4.29. The van der Waals surface area contributed by atoms with E-state index >= 15 is 0 Å². The Morgan fingerprint density at radius 2 is 1.84 bits per heavy atom. The zero-order valence-electron chi connectivity index (χ0n) is 10.5. The highest BCUT2D eigenvalue weighted by atomic mass is 16.1. The van der Waals surface area contributed by atoms with E-state index in [0.29, 0.717) is 11.4 Å². The number of carbonyl (C=O) groups excluding carboxylic acids is 1. The van der Waals surface area contributed by atoms with E-state index in [0.717, 1.165) is 11.3 Å². The lowest BCUT2D eigenvalue weighted by Crippen LogP contribution is -2.13. The van der Waals surface area contributed by atoms with E-state index in [1.165, 1.54) is 0 Å². The predicted octanol–water partition coefficient (Wildman–Crippen LogP) is 2.90. The topological polar surface area (TPSA) is 46.4 Å². The van der Waals surface area contributed by atoms with Gasteiger partial charge in [0.25, 0.3) is 5.91 Å². The van der Waals surface area contributed by atoms with Crippen molar-refractivity contribution in [3.63, 3.8) is 0 Å². The largest absolute Gasteiger partial charge is 0.306 e. The third-order valence-electron chi connectivity index (χ3n) is 2.97. The Morgan fingerprint density at radius 1 is 1.11 bits per heavy atom. The molecule has 1 aromatic carbocycles. The summed E-state index contributed by atoms with van der Waals surface area (Å²) in [6.07, 6.45) is 1.88. The number of rotatable bonds is 2. The van der Waals surface area contributed by atoms with Gasteiger partial charge in [0, 0.05) is 11.8 Å². The Kier molecular flexibility index (Phi) is 2.76. The fourth-order valence-electron chi connectivity index (χ4n) is 2.03. The average molecular weight is 251 g/mol. The van der Waals surface area contributed by atoms with E-state index in [1.807, 2.05) is 53.9 Å². The number of nitrogens with one attached hydrogen (secondary N) is 1. The number of amides is 1. The molecule has 3 aromatic rings. The fraction of sp³-hybridized carbons (Fsp3) is 0.0667. The highest BCUT2D eigenvalue weighted by Crippen LogP contribution is 2.17. The van der Waals surface area contributed by atoms with Crippen LogP contribution in [0.3, 0.4) is 0 Å². The van der Waals surface area contributed by atoms with Crippen LogP contribution in [0.4, 0.5) is 5.82 Å². The number of pyridine rings is 1. The number of hydrogen-bond donors (Lipinski definition) is 1. The number of imidazole rings is 1. The van der Waals surface area contributed by atoms with Crippen LogP contribution in [0.1, 0.15) is 16.1 Å². The van der Waals surface area contributed by atoms with E-state index in [9.17, 15) is 4.79 Å². The van der Waals surface area contributed by atoms with Crippen molar-refractivity contribution >= 4 is 17.4 Å². The highest BCUT2D eigenvalue weighted by Gasteiger charge is 2.12. The molecule has 0 radical (unpaired) electrons. The molecule has 1 N–H and O–H groups in total. The number of carbonyl (C=O) groups is 1. The van der Waals surface area contributed by atoms with Crippen molar-refractivity contribution in [2.45, 2.75) is 6.92 Å². The van der Waals surface area contributed by atoms with Gasteiger partial charge in [0.1, 0.15) is 11.5 Å². The Labute approximate surface area is 110 Å². The first kappa shape index (κ1) is 11.5. The summed E-state index contributed by atoms with van der Waals surface area (Å²) in [6, 6.07) is 14.9. The molecule has 0 unspecified atom stereocenters. The van der Waals surface area contributed by atoms with Crippen molar-refractivity contribution in [3.8, 4) is 0 Å². The van der Waals surface area contributed by atoms with Gasteiger partial charge in [0.15, 0.2) is 0 Å². The van der Waals surface area contributed by atoms with Gasteiger partial charge in [-0.1, -0.05) is 24.3 Å². The lowest BCUT2D eigenvalue weighted by Gasteiger charge is -2.05. The van der Waals surface area contributed by atoms with Crippen molar-refractivity contribution in [3.05, 3.63) is 66.0 Å². The van der Waals surface area contributed by atoms with Crippen molar-refractivity contribution in [1.29, 1.82) is 0 Å². The molecule has 0 spiro atoms. The molecule has 0 saturated heterocycles. The molecule has 0 bridgehead atoms. The lowest BCUT2D eigenvalue weighted by molar-refractivity contribution is 0.102. The van der Waals surface area contributed by atoms with Crippen LogP contribution in [0, 0.1) is 6.92 Å². The predicted molar refractivity (Wildman–Crippen MR) is 74.3 cm³/mol. The van der Waals surface area contributed by atoms with E-state index in [2.05, 4.69) is 10.3 Å². The minimum Gasteiger partial charge on any atom is -0.306 e. The van der Waals surface area contributed by atoms with Crippen molar-refractivity contribution in [2.24, 2.45) is 0 Å². The van der Waals surface area contributed by atoms with E-state index in [-0.39, 0.29) is 5.91 Å². The SMILES string of the molecule is Cc1nc2ccccn2c1NC(=O)c1ccccc1. The zero-order chi connectivity index (χ0) is 13.2. The maximum absolute atomic E-state index is 12.2. The van der Waals surface area contributed by atoms with Crippen molar-refractivity contribution < 1.29 is 4.79 Å². The number of aryl methyl sites for hydroxylation is 1. The summed E-state index contributed by atoms with van der Waals surface area (Å²) in [5.74, 6) is 0.582. The summed E-state index contributed by atoms with van der Waals surface area (Å²) in [5, 5.41) is 2.91. The summed E-state index contributed by atoms with van der Waals surface area (Å²) in [4.78, 5) is 16.6. The summed E-state index contributed by atoms with van der Waals surface area (Å²) in [5.41, 5.74) is 2.26. The first-order valence-corrected chi connectivity index (χ1v) is 6.06. The van der Waals surface area contributed by atoms with Crippen LogP contribution in [0.15, 0.2) is 54.7 Å². The molecule has 2 heterocycles. The van der Waals surface area contributed by atoms with Crippen molar-refractivity contribution in [1.82, 2.24) is 9.38 Å².